The molecule has 1 aromatic carbocycles. The standard InChI is InChI=1S/C19H23N5OS/c1-13-15(11-21-23(13)2)10-20-19(25)24-9-5-6-14(12-24)18-22-16-7-3-4-8-17(16)26-18/h3-4,7-8,11,14H,5-6,9-10,12H2,1-2H3,(H,20,25)/t14-/m1/s1. The van der Waals surface area contributed by atoms with Crippen molar-refractivity contribution in [3.8, 4) is 0 Å². The van der Waals surface area contributed by atoms with Crippen LogP contribution in [0.5, 0.6) is 0 Å². The Hall–Kier alpha value is -2.41. The van der Waals surface area contributed by atoms with Gasteiger partial charge in [-0.3, -0.25) is 4.68 Å². The number of hydrogen-bond acceptors (Lipinski definition) is 4. The fraction of sp³-hybridized carbons (Fsp3) is 0.421. The summed E-state index contributed by atoms with van der Waals surface area (Å²) in [5.74, 6) is 0.326. The van der Waals surface area contributed by atoms with Gasteiger partial charge in [-0.2, -0.15) is 5.10 Å². The van der Waals surface area contributed by atoms with Gasteiger partial charge in [-0.25, -0.2) is 9.78 Å². The van der Waals surface area contributed by atoms with Gasteiger partial charge >= 0.3 is 6.03 Å². The van der Waals surface area contributed by atoms with Crippen molar-refractivity contribution in [2.24, 2.45) is 7.05 Å². The average Bonchev–Trinajstić information content (AvgIpc) is 3.24. The summed E-state index contributed by atoms with van der Waals surface area (Å²) in [5, 5.41) is 8.41. The lowest BCUT2D eigenvalue weighted by Crippen LogP contribution is -2.44. The molecule has 1 atom stereocenters. The van der Waals surface area contributed by atoms with E-state index in [2.05, 4.69) is 22.5 Å². The number of para-hydroxylation sites is 1. The van der Waals surface area contributed by atoms with Crippen LogP contribution >= 0.6 is 11.3 Å². The minimum atomic E-state index is -0.000867. The summed E-state index contributed by atoms with van der Waals surface area (Å²) in [6.45, 7) is 4.07. The van der Waals surface area contributed by atoms with E-state index < -0.39 is 0 Å². The number of aryl methyl sites for hydroxylation is 1. The van der Waals surface area contributed by atoms with E-state index in [1.165, 1.54) is 4.70 Å². The normalized spacial score (nSPS) is 17.6. The number of hydrogen-bond donors (Lipinski definition) is 1. The van der Waals surface area contributed by atoms with Gasteiger partial charge in [0.25, 0.3) is 0 Å². The molecule has 26 heavy (non-hydrogen) atoms. The number of amides is 2. The summed E-state index contributed by atoms with van der Waals surface area (Å²) < 4.78 is 3.04. The van der Waals surface area contributed by atoms with Gasteiger partial charge in [-0.1, -0.05) is 12.1 Å². The largest absolute Gasteiger partial charge is 0.334 e. The highest BCUT2D eigenvalue weighted by atomic mass is 32.1. The van der Waals surface area contributed by atoms with Gasteiger partial charge in [0.2, 0.25) is 0 Å². The van der Waals surface area contributed by atoms with Crippen LogP contribution < -0.4 is 5.32 Å². The molecule has 1 aliphatic heterocycles. The number of fused-ring (bicyclic) bond motifs is 1. The number of thiazole rings is 1. The van der Waals surface area contributed by atoms with E-state index in [0.717, 1.165) is 47.7 Å². The van der Waals surface area contributed by atoms with Crippen molar-refractivity contribution in [2.75, 3.05) is 13.1 Å². The summed E-state index contributed by atoms with van der Waals surface area (Å²) >= 11 is 1.75. The molecule has 1 fully saturated rings. The molecule has 2 aromatic heterocycles. The first-order valence-electron chi connectivity index (χ1n) is 8.97. The van der Waals surface area contributed by atoms with Crippen LogP contribution in [0.2, 0.25) is 0 Å². The van der Waals surface area contributed by atoms with Crippen molar-refractivity contribution in [1.29, 1.82) is 0 Å². The average molecular weight is 369 g/mol. The van der Waals surface area contributed by atoms with Crippen LogP contribution in [0, 0.1) is 6.92 Å². The van der Waals surface area contributed by atoms with E-state index in [9.17, 15) is 4.79 Å². The molecule has 3 heterocycles. The van der Waals surface area contributed by atoms with Crippen molar-refractivity contribution in [3.63, 3.8) is 0 Å². The molecular formula is C19H23N5OS. The van der Waals surface area contributed by atoms with Gasteiger partial charge in [-0.05, 0) is 31.9 Å². The predicted molar refractivity (Wildman–Crippen MR) is 103 cm³/mol. The molecule has 2 amide bonds. The highest BCUT2D eigenvalue weighted by Crippen LogP contribution is 2.32. The summed E-state index contributed by atoms with van der Waals surface area (Å²) in [5.41, 5.74) is 3.19. The Morgan fingerprint density at radius 3 is 3.00 bits per heavy atom. The van der Waals surface area contributed by atoms with E-state index in [-0.39, 0.29) is 6.03 Å². The number of urea groups is 1. The van der Waals surface area contributed by atoms with Crippen molar-refractivity contribution in [2.45, 2.75) is 32.2 Å². The lowest BCUT2D eigenvalue weighted by atomic mass is 9.99. The molecule has 4 rings (SSSR count). The Kier molecular flexibility index (Phi) is 4.63. The number of benzene rings is 1. The van der Waals surface area contributed by atoms with Crippen LogP contribution in [0.3, 0.4) is 0 Å². The molecule has 0 unspecified atom stereocenters. The van der Waals surface area contributed by atoms with Gasteiger partial charge in [0.1, 0.15) is 0 Å². The molecule has 1 aliphatic rings. The third-order valence-corrected chi connectivity index (χ3v) is 6.33. The minimum absolute atomic E-state index is 0.000867. The topological polar surface area (TPSA) is 63.1 Å². The Labute approximate surface area is 156 Å². The van der Waals surface area contributed by atoms with E-state index in [0.29, 0.717) is 12.5 Å². The number of carbonyl (C=O) groups excluding carboxylic acids is 1. The first kappa shape index (κ1) is 17.0. The second kappa shape index (κ2) is 7.07. The maximum atomic E-state index is 12.6. The number of piperidine rings is 1. The maximum Gasteiger partial charge on any atom is 0.317 e. The molecule has 0 aliphatic carbocycles. The Bertz CT molecular complexity index is 898. The summed E-state index contributed by atoms with van der Waals surface area (Å²) in [4.78, 5) is 19.3. The van der Waals surface area contributed by atoms with Crippen LogP contribution in [-0.4, -0.2) is 38.8 Å². The lowest BCUT2D eigenvalue weighted by molar-refractivity contribution is 0.179. The van der Waals surface area contributed by atoms with E-state index in [1.807, 2.05) is 41.9 Å². The van der Waals surface area contributed by atoms with E-state index >= 15 is 0 Å². The highest BCUT2D eigenvalue weighted by molar-refractivity contribution is 7.18. The summed E-state index contributed by atoms with van der Waals surface area (Å²) in [6, 6.07) is 8.23. The zero-order valence-corrected chi connectivity index (χ0v) is 15.9. The summed E-state index contributed by atoms with van der Waals surface area (Å²) in [7, 11) is 1.91. The number of aromatic nitrogens is 3. The fourth-order valence-corrected chi connectivity index (χ4v) is 4.52. The zero-order chi connectivity index (χ0) is 18.1. The zero-order valence-electron chi connectivity index (χ0n) is 15.1. The van der Waals surface area contributed by atoms with Crippen LogP contribution in [-0.2, 0) is 13.6 Å². The van der Waals surface area contributed by atoms with Crippen molar-refractivity contribution >= 4 is 27.6 Å². The van der Waals surface area contributed by atoms with Crippen LogP contribution in [0.1, 0.15) is 35.0 Å². The summed E-state index contributed by atoms with van der Waals surface area (Å²) in [6.07, 6.45) is 3.92. The number of rotatable bonds is 3. The fourth-order valence-electron chi connectivity index (χ4n) is 3.43. The maximum absolute atomic E-state index is 12.6. The first-order chi connectivity index (χ1) is 12.6. The van der Waals surface area contributed by atoms with Gasteiger partial charge in [-0.15, -0.1) is 11.3 Å². The molecule has 0 spiro atoms. The number of likely N-dealkylation sites (tertiary alicyclic amines) is 1. The lowest BCUT2D eigenvalue weighted by Gasteiger charge is -2.31. The molecule has 6 nitrogen and oxygen atoms in total. The SMILES string of the molecule is Cc1c(CNC(=O)N2CCC[C@@H](c3nc4ccccc4s3)C2)cnn1C. The molecule has 136 valence electrons. The van der Waals surface area contributed by atoms with Crippen molar-refractivity contribution < 1.29 is 4.79 Å². The molecule has 3 aromatic rings. The third kappa shape index (κ3) is 3.31. The minimum Gasteiger partial charge on any atom is -0.334 e. The van der Waals surface area contributed by atoms with E-state index in [4.69, 9.17) is 4.98 Å². The van der Waals surface area contributed by atoms with Crippen molar-refractivity contribution in [1.82, 2.24) is 25.0 Å². The monoisotopic (exact) mass is 369 g/mol. The van der Waals surface area contributed by atoms with Gasteiger partial charge in [0.05, 0.1) is 21.4 Å². The Balaban J connectivity index is 1.41. The highest BCUT2D eigenvalue weighted by Gasteiger charge is 2.27. The molecule has 1 N–H and O–H groups in total. The van der Waals surface area contributed by atoms with Crippen molar-refractivity contribution in [3.05, 3.63) is 46.7 Å². The second-order valence-corrected chi connectivity index (χ2v) is 7.90. The molecular weight excluding hydrogens is 346 g/mol. The number of nitrogens with one attached hydrogen (secondary N) is 1. The predicted octanol–water partition coefficient (Wildman–Crippen LogP) is 3.43. The van der Waals surface area contributed by atoms with Crippen LogP contribution in [0.25, 0.3) is 10.2 Å². The van der Waals surface area contributed by atoms with Crippen LogP contribution in [0.4, 0.5) is 4.79 Å². The molecule has 1 saturated heterocycles. The Morgan fingerprint density at radius 1 is 1.38 bits per heavy atom. The third-order valence-electron chi connectivity index (χ3n) is 5.14. The van der Waals surface area contributed by atoms with Crippen LogP contribution in [0.15, 0.2) is 30.5 Å². The van der Waals surface area contributed by atoms with E-state index in [1.54, 1.807) is 11.3 Å². The van der Waals surface area contributed by atoms with Gasteiger partial charge in [0.15, 0.2) is 0 Å². The number of nitrogens with zero attached hydrogens (tertiary/aromatic N) is 4. The molecule has 0 bridgehead atoms. The smallest absolute Gasteiger partial charge is 0.317 e. The first-order valence-corrected chi connectivity index (χ1v) is 9.79. The second-order valence-electron chi connectivity index (χ2n) is 6.84. The van der Waals surface area contributed by atoms with Gasteiger partial charge in [0, 0.05) is 43.9 Å². The molecule has 0 radical (unpaired) electrons. The van der Waals surface area contributed by atoms with Gasteiger partial charge < -0.3 is 10.2 Å². The molecule has 0 saturated carbocycles. The molecule has 7 heteroatoms. The quantitative estimate of drug-likeness (QED) is 0.769. The Morgan fingerprint density at radius 2 is 2.23 bits per heavy atom. The number of carbonyl (C=O) groups is 1.